The second-order valence-corrected chi connectivity index (χ2v) is 9.66. The Bertz CT molecular complexity index is 1230. The Balaban J connectivity index is 1.51. The van der Waals surface area contributed by atoms with Gasteiger partial charge >= 0.3 is 0 Å². The summed E-state index contributed by atoms with van der Waals surface area (Å²) in [6, 6.07) is 21.5. The summed E-state index contributed by atoms with van der Waals surface area (Å²) in [5.74, 6) is 1.53. The number of amides is 2. The van der Waals surface area contributed by atoms with E-state index in [9.17, 15) is 9.59 Å². The van der Waals surface area contributed by atoms with Gasteiger partial charge in [-0.15, -0.1) is 0 Å². The maximum absolute atomic E-state index is 13.4. The fourth-order valence-corrected chi connectivity index (χ4v) is 4.24. The van der Waals surface area contributed by atoms with Crippen LogP contribution in [0.3, 0.4) is 0 Å². The lowest BCUT2D eigenvalue weighted by Crippen LogP contribution is -2.44. The predicted molar refractivity (Wildman–Crippen MR) is 147 cm³/mol. The van der Waals surface area contributed by atoms with Crippen molar-refractivity contribution in [2.75, 3.05) is 39.2 Å². The smallest absolute Gasteiger partial charge is 0.257 e. The summed E-state index contributed by atoms with van der Waals surface area (Å²) in [5.41, 5.74) is 1.35. The highest BCUT2D eigenvalue weighted by Crippen LogP contribution is 2.27. The zero-order valence-electron chi connectivity index (χ0n) is 22.3. The zero-order valence-corrected chi connectivity index (χ0v) is 22.3. The first-order valence-corrected chi connectivity index (χ1v) is 12.8. The van der Waals surface area contributed by atoms with Gasteiger partial charge in [-0.05, 0) is 67.4 Å². The third kappa shape index (κ3) is 6.90. The molecule has 0 fully saturated rings. The standard InChI is InChI=1S/C30H35N3O5/c1-20-17-31-21(2)19-37-27-15-12-23(16-26(27)30(35)33(3)18-28(20)36-4)32-29(34)22-10-13-25(14-11-22)38-24-8-6-5-7-9-24/h5-16,20-21,28,31H,17-19H2,1-4H3,(H,32,34)/t20-,21+,28+/m0/s1. The van der Waals surface area contributed by atoms with E-state index in [0.29, 0.717) is 41.5 Å². The minimum atomic E-state index is -0.294. The number of hydrogen-bond donors (Lipinski definition) is 2. The number of ether oxygens (including phenoxy) is 3. The number of benzene rings is 3. The van der Waals surface area contributed by atoms with E-state index in [1.54, 1.807) is 61.5 Å². The molecule has 1 aliphatic heterocycles. The molecule has 3 aromatic carbocycles. The van der Waals surface area contributed by atoms with Crippen molar-refractivity contribution < 1.29 is 23.8 Å². The number of hydrogen-bond acceptors (Lipinski definition) is 6. The van der Waals surface area contributed by atoms with Crippen LogP contribution in [0.25, 0.3) is 0 Å². The van der Waals surface area contributed by atoms with Crippen molar-refractivity contribution in [3.05, 3.63) is 83.9 Å². The molecule has 0 radical (unpaired) electrons. The third-order valence-corrected chi connectivity index (χ3v) is 6.58. The van der Waals surface area contributed by atoms with E-state index in [0.717, 1.165) is 12.3 Å². The summed E-state index contributed by atoms with van der Waals surface area (Å²) in [7, 11) is 3.41. The predicted octanol–water partition coefficient (Wildman–Crippen LogP) is 4.82. The van der Waals surface area contributed by atoms with Crippen LogP contribution < -0.4 is 20.1 Å². The summed E-state index contributed by atoms with van der Waals surface area (Å²) in [4.78, 5) is 28.0. The first-order valence-electron chi connectivity index (χ1n) is 12.8. The first kappa shape index (κ1) is 27.2. The molecule has 0 unspecified atom stereocenters. The van der Waals surface area contributed by atoms with Crippen LogP contribution in [0.2, 0.25) is 0 Å². The molecule has 0 spiro atoms. The molecule has 1 heterocycles. The summed E-state index contributed by atoms with van der Waals surface area (Å²) in [5, 5.41) is 6.36. The van der Waals surface area contributed by atoms with Crippen molar-refractivity contribution >= 4 is 17.5 Å². The highest BCUT2D eigenvalue weighted by molar-refractivity contribution is 6.05. The van der Waals surface area contributed by atoms with Crippen LogP contribution in [0, 0.1) is 5.92 Å². The number of likely N-dealkylation sites (N-methyl/N-ethyl adjacent to an activating group) is 1. The Labute approximate surface area is 223 Å². The Morgan fingerprint density at radius 3 is 2.45 bits per heavy atom. The van der Waals surface area contributed by atoms with Crippen molar-refractivity contribution in [2.45, 2.75) is 26.0 Å². The highest BCUT2D eigenvalue weighted by atomic mass is 16.5. The summed E-state index contributed by atoms with van der Waals surface area (Å²) >= 11 is 0. The lowest BCUT2D eigenvalue weighted by atomic mass is 10.0. The normalized spacial score (nSPS) is 20.4. The largest absolute Gasteiger partial charge is 0.491 e. The SMILES string of the molecule is CO[C@@H]1CN(C)C(=O)c2cc(NC(=O)c3ccc(Oc4ccccc4)cc3)ccc2OC[C@@H](C)NC[C@@H]1C. The van der Waals surface area contributed by atoms with E-state index in [2.05, 4.69) is 17.6 Å². The average Bonchev–Trinajstić information content (AvgIpc) is 2.93. The molecule has 3 atom stereocenters. The molecule has 3 aromatic rings. The van der Waals surface area contributed by atoms with Gasteiger partial charge in [0, 0.05) is 44.5 Å². The van der Waals surface area contributed by atoms with E-state index >= 15 is 0 Å². The molecule has 200 valence electrons. The first-order chi connectivity index (χ1) is 18.3. The van der Waals surface area contributed by atoms with Gasteiger partial charge in [-0.2, -0.15) is 0 Å². The number of carbonyl (C=O) groups is 2. The van der Waals surface area contributed by atoms with Gasteiger partial charge in [0.05, 0.1) is 11.7 Å². The van der Waals surface area contributed by atoms with E-state index in [1.807, 2.05) is 37.3 Å². The lowest BCUT2D eigenvalue weighted by molar-refractivity contribution is 0.0281. The van der Waals surface area contributed by atoms with Crippen molar-refractivity contribution in [1.29, 1.82) is 0 Å². The topological polar surface area (TPSA) is 89.1 Å². The van der Waals surface area contributed by atoms with E-state index in [1.165, 1.54) is 0 Å². The van der Waals surface area contributed by atoms with Gasteiger partial charge in [-0.3, -0.25) is 9.59 Å². The van der Waals surface area contributed by atoms with Crippen molar-refractivity contribution in [3.63, 3.8) is 0 Å². The van der Waals surface area contributed by atoms with Gasteiger partial charge in [-0.25, -0.2) is 0 Å². The number of methoxy groups -OCH3 is 1. The van der Waals surface area contributed by atoms with Crippen molar-refractivity contribution in [3.8, 4) is 17.2 Å². The molecule has 0 saturated carbocycles. The summed E-state index contributed by atoms with van der Waals surface area (Å²) in [6.07, 6.45) is -0.121. The number of rotatable bonds is 5. The molecule has 8 heteroatoms. The van der Waals surface area contributed by atoms with E-state index < -0.39 is 0 Å². The summed E-state index contributed by atoms with van der Waals surface area (Å²) in [6.45, 7) is 5.72. The van der Waals surface area contributed by atoms with Gasteiger partial charge in [-0.1, -0.05) is 25.1 Å². The molecule has 0 bridgehead atoms. The highest BCUT2D eigenvalue weighted by Gasteiger charge is 2.25. The van der Waals surface area contributed by atoms with Gasteiger partial charge in [0.1, 0.15) is 23.9 Å². The number of para-hydroxylation sites is 1. The molecule has 2 N–H and O–H groups in total. The Kier molecular flexibility index (Phi) is 8.99. The third-order valence-electron chi connectivity index (χ3n) is 6.58. The minimum Gasteiger partial charge on any atom is -0.491 e. The molecule has 2 amide bonds. The molecule has 0 aliphatic carbocycles. The maximum atomic E-state index is 13.4. The Morgan fingerprint density at radius 2 is 1.74 bits per heavy atom. The van der Waals surface area contributed by atoms with Gasteiger partial charge in [0.2, 0.25) is 0 Å². The number of anilines is 1. The van der Waals surface area contributed by atoms with Crippen LogP contribution in [0.1, 0.15) is 34.6 Å². The second-order valence-electron chi connectivity index (χ2n) is 9.66. The lowest BCUT2D eigenvalue weighted by Gasteiger charge is -2.30. The molecule has 0 saturated heterocycles. The molecule has 4 rings (SSSR count). The van der Waals surface area contributed by atoms with Crippen molar-refractivity contribution in [1.82, 2.24) is 10.2 Å². The van der Waals surface area contributed by atoms with E-state index in [-0.39, 0.29) is 29.9 Å². The fourth-order valence-electron chi connectivity index (χ4n) is 4.24. The molecule has 8 nitrogen and oxygen atoms in total. The number of nitrogens with zero attached hydrogens (tertiary/aromatic N) is 1. The fraction of sp³-hybridized carbons (Fsp3) is 0.333. The second kappa shape index (κ2) is 12.6. The quantitative estimate of drug-likeness (QED) is 0.504. The van der Waals surface area contributed by atoms with Crippen LogP contribution in [-0.4, -0.2) is 62.7 Å². The van der Waals surface area contributed by atoms with Crippen molar-refractivity contribution in [2.24, 2.45) is 5.92 Å². The van der Waals surface area contributed by atoms with Gasteiger partial charge < -0.3 is 29.7 Å². The molecular weight excluding hydrogens is 482 g/mol. The average molecular weight is 518 g/mol. The molecular formula is C30H35N3O5. The molecule has 1 aliphatic rings. The zero-order chi connectivity index (χ0) is 27.1. The number of fused-ring (bicyclic) bond motifs is 1. The number of carbonyl (C=O) groups excluding carboxylic acids is 2. The molecule has 38 heavy (non-hydrogen) atoms. The van der Waals surface area contributed by atoms with Crippen LogP contribution in [0.15, 0.2) is 72.8 Å². The van der Waals surface area contributed by atoms with Crippen LogP contribution in [0.5, 0.6) is 17.2 Å². The van der Waals surface area contributed by atoms with Crippen LogP contribution in [-0.2, 0) is 4.74 Å². The molecule has 0 aromatic heterocycles. The Morgan fingerprint density at radius 1 is 1.03 bits per heavy atom. The summed E-state index contributed by atoms with van der Waals surface area (Å²) < 4.78 is 17.5. The van der Waals surface area contributed by atoms with Crippen LogP contribution in [0.4, 0.5) is 5.69 Å². The monoisotopic (exact) mass is 517 g/mol. The van der Waals surface area contributed by atoms with Gasteiger partial charge in [0.15, 0.2) is 0 Å². The van der Waals surface area contributed by atoms with E-state index in [4.69, 9.17) is 14.2 Å². The minimum absolute atomic E-state index is 0.0864. The number of nitrogens with one attached hydrogen (secondary N) is 2. The Hall–Kier alpha value is -3.88. The van der Waals surface area contributed by atoms with Crippen LogP contribution >= 0.6 is 0 Å². The van der Waals surface area contributed by atoms with Gasteiger partial charge in [0.25, 0.3) is 11.8 Å². The maximum Gasteiger partial charge on any atom is 0.257 e.